The third-order valence-corrected chi connectivity index (χ3v) is 6.66. The van der Waals surface area contributed by atoms with E-state index in [0.717, 1.165) is 38.8 Å². The van der Waals surface area contributed by atoms with Crippen molar-refractivity contribution in [3.05, 3.63) is 23.9 Å². The Kier molecular flexibility index (Phi) is 8.13. The molecular weight excluding hydrogens is 402 g/mol. The molecule has 3 heterocycles. The summed E-state index contributed by atoms with van der Waals surface area (Å²) in [5.41, 5.74) is 0.294. The van der Waals surface area contributed by atoms with Gasteiger partial charge in [0.15, 0.2) is 6.61 Å². The molecule has 2 aliphatic heterocycles. The van der Waals surface area contributed by atoms with Crippen molar-refractivity contribution in [3.63, 3.8) is 0 Å². The van der Waals surface area contributed by atoms with Gasteiger partial charge in [0.2, 0.25) is 5.91 Å². The molecule has 7 nitrogen and oxygen atoms in total. The van der Waals surface area contributed by atoms with Crippen LogP contribution in [0.4, 0.5) is 0 Å². The normalized spacial score (nSPS) is 21.9. The lowest BCUT2D eigenvalue weighted by Crippen LogP contribution is -2.41. The molecule has 8 heteroatoms. The summed E-state index contributed by atoms with van der Waals surface area (Å²) in [6, 6.07) is 3.28. The Bertz CT molecular complexity index is 773. The number of likely N-dealkylation sites (tertiary alicyclic amines) is 2. The minimum Gasteiger partial charge on any atom is -0.452 e. The number of ether oxygens (including phenoxy) is 1. The van der Waals surface area contributed by atoms with Gasteiger partial charge in [-0.3, -0.25) is 9.59 Å². The van der Waals surface area contributed by atoms with Crippen LogP contribution in [0.1, 0.15) is 49.9 Å². The van der Waals surface area contributed by atoms with Crippen LogP contribution < -0.4 is 0 Å². The van der Waals surface area contributed by atoms with Crippen molar-refractivity contribution >= 4 is 29.5 Å². The number of hydrogen-bond acceptors (Lipinski definition) is 6. The van der Waals surface area contributed by atoms with Gasteiger partial charge < -0.3 is 14.5 Å². The van der Waals surface area contributed by atoms with Crippen LogP contribution >= 0.6 is 11.8 Å². The molecule has 2 amide bonds. The molecule has 1 aromatic heterocycles. The van der Waals surface area contributed by atoms with Crippen molar-refractivity contribution in [3.8, 4) is 0 Å². The third kappa shape index (κ3) is 6.20. The molecule has 0 aromatic carbocycles. The fraction of sp³-hybridized carbons (Fsp3) is 0.636. The summed E-state index contributed by atoms with van der Waals surface area (Å²) in [6.07, 6.45) is 5.88. The monoisotopic (exact) mass is 433 g/mol. The Morgan fingerprint density at radius 1 is 1.07 bits per heavy atom. The summed E-state index contributed by atoms with van der Waals surface area (Å²) in [7, 11) is 0. The number of carbonyl (C=O) groups is 3. The molecule has 2 saturated heterocycles. The quantitative estimate of drug-likeness (QED) is 0.507. The summed E-state index contributed by atoms with van der Waals surface area (Å²) in [5, 5.41) is 0.458. The summed E-state index contributed by atoms with van der Waals surface area (Å²) in [6.45, 7) is 7.01. The molecule has 2 aliphatic rings. The topological polar surface area (TPSA) is 79.8 Å². The maximum Gasteiger partial charge on any atom is 0.341 e. The smallest absolute Gasteiger partial charge is 0.341 e. The van der Waals surface area contributed by atoms with Crippen LogP contribution in [0, 0.1) is 11.8 Å². The number of rotatable bonds is 6. The molecule has 1 aromatic rings. The maximum absolute atomic E-state index is 12.6. The van der Waals surface area contributed by atoms with E-state index >= 15 is 0 Å². The summed E-state index contributed by atoms with van der Waals surface area (Å²) in [4.78, 5) is 45.4. The average molecular weight is 434 g/mol. The third-order valence-electron chi connectivity index (χ3n) is 5.67. The van der Waals surface area contributed by atoms with Gasteiger partial charge in [0, 0.05) is 32.4 Å². The predicted octanol–water partition coefficient (Wildman–Crippen LogP) is 2.85. The highest BCUT2D eigenvalue weighted by Gasteiger charge is 2.24. The van der Waals surface area contributed by atoms with Crippen molar-refractivity contribution < 1.29 is 19.1 Å². The summed E-state index contributed by atoms with van der Waals surface area (Å²) >= 11 is 1.24. The molecule has 0 bridgehead atoms. The van der Waals surface area contributed by atoms with Crippen LogP contribution in [0.5, 0.6) is 0 Å². The zero-order valence-corrected chi connectivity index (χ0v) is 18.7. The molecule has 0 unspecified atom stereocenters. The highest BCUT2D eigenvalue weighted by Crippen LogP contribution is 2.23. The number of nitrogens with zero attached hydrogens (tertiary/aromatic N) is 3. The standard InChI is InChI=1S/C22H31N3O4S/c1-16-6-4-10-24(12-16)19(26)14-29-22(28)18-8-3-9-23-21(18)30-15-20(27)25-11-5-7-17(2)13-25/h3,8-9,16-17H,4-7,10-15H2,1-2H3/t16-,17+/m0/s1. The Balaban J connectivity index is 1.53. The number of aromatic nitrogens is 1. The van der Waals surface area contributed by atoms with E-state index in [-0.39, 0.29) is 24.2 Å². The number of piperidine rings is 2. The second-order valence-electron chi connectivity index (χ2n) is 8.40. The van der Waals surface area contributed by atoms with Crippen LogP contribution in [0.2, 0.25) is 0 Å². The van der Waals surface area contributed by atoms with Gasteiger partial charge in [-0.25, -0.2) is 9.78 Å². The second-order valence-corrected chi connectivity index (χ2v) is 9.36. The van der Waals surface area contributed by atoms with E-state index in [2.05, 4.69) is 18.8 Å². The molecule has 0 N–H and O–H groups in total. The fourth-order valence-electron chi connectivity index (χ4n) is 4.01. The van der Waals surface area contributed by atoms with E-state index in [1.165, 1.54) is 11.8 Å². The zero-order valence-electron chi connectivity index (χ0n) is 17.8. The number of amides is 2. The van der Waals surface area contributed by atoms with E-state index in [4.69, 9.17) is 4.74 Å². The Morgan fingerprint density at radius 2 is 1.70 bits per heavy atom. The van der Waals surface area contributed by atoms with E-state index in [1.54, 1.807) is 23.2 Å². The molecule has 2 fully saturated rings. The molecular formula is C22H31N3O4S. The Labute approximate surface area is 182 Å². The van der Waals surface area contributed by atoms with Crippen LogP contribution in [0.3, 0.4) is 0 Å². The predicted molar refractivity (Wildman–Crippen MR) is 115 cm³/mol. The van der Waals surface area contributed by atoms with Gasteiger partial charge in [-0.15, -0.1) is 0 Å². The van der Waals surface area contributed by atoms with Gasteiger partial charge in [-0.05, 0) is 49.7 Å². The maximum atomic E-state index is 12.6. The van der Waals surface area contributed by atoms with Crippen LogP contribution in [-0.4, -0.2) is 71.1 Å². The van der Waals surface area contributed by atoms with E-state index in [9.17, 15) is 14.4 Å². The van der Waals surface area contributed by atoms with Gasteiger partial charge in [0.1, 0.15) is 5.03 Å². The van der Waals surface area contributed by atoms with Gasteiger partial charge in [-0.2, -0.15) is 0 Å². The highest BCUT2D eigenvalue weighted by atomic mass is 32.2. The molecule has 0 aliphatic carbocycles. The number of hydrogen-bond donors (Lipinski definition) is 0. The fourth-order valence-corrected chi connectivity index (χ4v) is 4.90. The van der Waals surface area contributed by atoms with Gasteiger partial charge in [-0.1, -0.05) is 25.6 Å². The SMILES string of the molecule is C[C@@H]1CCCN(C(=O)CSc2ncccc2C(=O)OCC(=O)N2CCC[C@H](C)C2)C1. The zero-order chi connectivity index (χ0) is 21.5. The van der Waals surface area contributed by atoms with Crippen molar-refractivity contribution in [1.82, 2.24) is 14.8 Å². The second kappa shape index (κ2) is 10.8. The Morgan fingerprint density at radius 3 is 2.33 bits per heavy atom. The lowest BCUT2D eigenvalue weighted by Gasteiger charge is -2.31. The molecule has 0 spiro atoms. The first kappa shape index (κ1) is 22.6. The largest absolute Gasteiger partial charge is 0.452 e. The van der Waals surface area contributed by atoms with Crippen LogP contribution in [0.15, 0.2) is 23.4 Å². The van der Waals surface area contributed by atoms with Crippen molar-refractivity contribution in [2.75, 3.05) is 38.5 Å². The first-order valence-electron chi connectivity index (χ1n) is 10.7. The minimum absolute atomic E-state index is 0.0610. The molecule has 0 radical (unpaired) electrons. The number of carbonyl (C=O) groups excluding carboxylic acids is 3. The van der Waals surface area contributed by atoms with Crippen molar-refractivity contribution in [2.45, 2.75) is 44.6 Å². The molecule has 2 atom stereocenters. The lowest BCUT2D eigenvalue weighted by molar-refractivity contribution is -0.136. The molecule has 164 valence electrons. The van der Waals surface area contributed by atoms with Gasteiger partial charge >= 0.3 is 5.97 Å². The van der Waals surface area contributed by atoms with Gasteiger partial charge in [0.25, 0.3) is 5.91 Å². The Hall–Kier alpha value is -2.09. The number of esters is 1. The minimum atomic E-state index is -0.581. The highest BCUT2D eigenvalue weighted by molar-refractivity contribution is 8.00. The van der Waals surface area contributed by atoms with Crippen molar-refractivity contribution in [2.24, 2.45) is 11.8 Å². The first-order chi connectivity index (χ1) is 14.4. The number of thioether (sulfide) groups is 1. The van der Waals surface area contributed by atoms with Crippen LogP contribution in [0.25, 0.3) is 0 Å². The number of pyridine rings is 1. The average Bonchev–Trinajstić information content (AvgIpc) is 2.75. The molecule has 3 rings (SSSR count). The van der Waals surface area contributed by atoms with E-state index < -0.39 is 5.97 Å². The summed E-state index contributed by atoms with van der Waals surface area (Å²) in [5.74, 6) is 0.541. The first-order valence-corrected chi connectivity index (χ1v) is 11.7. The van der Waals surface area contributed by atoms with E-state index in [0.29, 0.717) is 35.5 Å². The van der Waals surface area contributed by atoms with Crippen LogP contribution in [-0.2, 0) is 14.3 Å². The van der Waals surface area contributed by atoms with Gasteiger partial charge in [0.05, 0.1) is 11.3 Å². The lowest BCUT2D eigenvalue weighted by atomic mass is 10.0. The van der Waals surface area contributed by atoms with Crippen molar-refractivity contribution in [1.29, 1.82) is 0 Å². The summed E-state index contributed by atoms with van der Waals surface area (Å²) < 4.78 is 5.28. The molecule has 30 heavy (non-hydrogen) atoms. The van der Waals surface area contributed by atoms with E-state index in [1.807, 2.05) is 4.90 Å². The molecule has 0 saturated carbocycles.